The molecule has 6 nitrogen and oxygen atoms in total. The molecule has 2 fully saturated rings. The Hall–Kier alpha value is -1.32. The standard InChI is InChI=1S/C24H35INO5/c1-17(16-29-24(26)25-2)30-22-14-19(23(27)31-20-10-11-20)13-21(15-22)28-12-6-4-3-5-7-18-8-9-18/h3-5,7,13,15,17-20,24H,6,8-12,14,16,26H2,1-2H3/q-1/b4-3-,7-5-. The average Bonchev–Trinajstić information content (AvgIpc) is 3.67. The molecule has 0 spiro atoms. The molecule has 174 valence electrons. The molecule has 3 atom stereocenters. The van der Waals surface area contributed by atoms with Crippen molar-refractivity contribution in [1.82, 2.24) is 0 Å². The first-order valence-corrected chi connectivity index (χ1v) is 14.5. The van der Waals surface area contributed by atoms with Crippen LogP contribution >= 0.6 is 0 Å². The third-order valence-electron chi connectivity index (χ3n) is 5.06. The predicted molar refractivity (Wildman–Crippen MR) is 115 cm³/mol. The van der Waals surface area contributed by atoms with E-state index in [0.29, 0.717) is 31.2 Å². The summed E-state index contributed by atoms with van der Waals surface area (Å²) < 4.78 is 22.9. The summed E-state index contributed by atoms with van der Waals surface area (Å²) in [5.74, 6) is 1.57. The van der Waals surface area contributed by atoms with Crippen molar-refractivity contribution in [2.24, 2.45) is 17.6 Å². The van der Waals surface area contributed by atoms with Crippen LogP contribution in [0.2, 0.25) is 0 Å². The molecule has 0 radical (unpaired) electrons. The summed E-state index contributed by atoms with van der Waals surface area (Å²) >= 11 is -0.163. The van der Waals surface area contributed by atoms with Crippen LogP contribution in [0, 0.1) is 11.8 Å². The summed E-state index contributed by atoms with van der Waals surface area (Å²) in [7, 11) is 0. The molecular formula is C24H35INO5-. The van der Waals surface area contributed by atoms with Gasteiger partial charge in [0.2, 0.25) is 0 Å². The molecule has 0 saturated heterocycles. The normalized spacial score (nSPS) is 23.5. The number of halogens is 1. The first-order valence-electron chi connectivity index (χ1n) is 11.1. The fourth-order valence-electron chi connectivity index (χ4n) is 3.01. The second-order valence-electron chi connectivity index (χ2n) is 8.25. The SMILES string of the molecule is C[I-]C(N)OCC(C)OC1=CC(OCC/C=C\C=C/C2CC2)=CC(C(=O)OC2CC2)C1. The number of ether oxygens (including phenoxy) is 4. The van der Waals surface area contributed by atoms with E-state index in [2.05, 4.69) is 29.2 Å². The zero-order chi connectivity index (χ0) is 22.1. The Morgan fingerprint density at radius 2 is 2.10 bits per heavy atom. The number of carbonyl (C=O) groups excluding carboxylic acids is 1. The fourth-order valence-corrected chi connectivity index (χ4v) is 3.58. The number of allylic oxidation sites excluding steroid dienone is 5. The van der Waals surface area contributed by atoms with Crippen molar-refractivity contribution >= 4 is 5.97 Å². The van der Waals surface area contributed by atoms with Gasteiger partial charge in [-0.1, -0.05) is 18.2 Å². The summed E-state index contributed by atoms with van der Waals surface area (Å²) in [6, 6.07) is 0. The number of hydrogen-bond donors (Lipinski definition) is 1. The fraction of sp³-hybridized carbons (Fsp3) is 0.625. The first-order chi connectivity index (χ1) is 15.0. The zero-order valence-electron chi connectivity index (χ0n) is 18.5. The third kappa shape index (κ3) is 9.78. The van der Waals surface area contributed by atoms with Crippen molar-refractivity contribution in [2.45, 2.75) is 61.9 Å². The summed E-state index contributed by atoms with van der Waals surface area (Å²) in [5, 5.41) is 0. The summed E-state index contributed by atoms with van der Waals surface area (Å²) in [6.45, 7) is 2.90. The molecular weight excluding hydrogens is 509 g/mol. The van der Waals surface area contributed by atoms with Gasteiger partial charge in [0.1, 0.15) is 0 Å². The predicted octanol–water partition coefficient (Wildman–Crippen LogP) is 0.792. The van der Waals surface area contributed by atoms with E-state index in [1.807, 2.05) is 19.1 Å². The Bertz CT molecular complexity index is 709. The number of alkyl halides is 2. The van der Waals surface area contributed by atoms with Crippen molar-refractivity contribution in [3.05, 3.63) is 48.0 Å². The van der Waals surface area contributed by atoms with E-state index in [-0.39, 0.29) is 49.5 Å². The first kappa shape index (κ1) is 24.3. The monoisotopic (exact) mass is 544 g/mol. The van der Waals surface area contributed by atoms with Gasteiger partial charge in [0.25, 0.3) is 0 Å². The Morgan fingerprint density at radius 3 is 2.81 bits per heavy atom. The van der Waals surface area contributed by atoms with Crippen LogP contribution in [0.3, 0.4) is 0 Å². The van der Waals surface area contributed by atoms with E-state index in [1.54, 1.807) is 0 Å². The molecule has 3 rings (SSSR count). The van der Waals surface area contributed by atoms with E-state index in [9.17, 15) is 4.79 Å². The molecule has 2 saturated carbocycles. The molecule has 3 unspecified atom stereocenters. The van der Waals surface area contributed by atoms with Crippen LogP contribution < -0.4 is 26.9 Å². The average molecular weight is 544 g/mol. The minimum atomic E-state index is -0.385. The van der Waals surface area contributed by atoms with Crippen molar-refractivity contribution in [1.29, 1.82) is 0 Å². The number of nitrogens with two attached hydrogens (primary N) is 1. The Morgan fingerprint density at radius 1 is 1.29 bits per heavy atom. The molecule has 0 aromatic carbocycles. The Kier molecular flexibility index (Phi) is 9.93. The topological polar surface area (TPSA) is 80.0 Å². The van der Waals surface area contributed by atoms with E-state index < -0.39 is 0 Å². The molecule has 7 heteroatoms. The number of carbonyl (C=O) groups is 1. The molecule has 31 heavy (non-hydrogen) atoms. The quantitative estimate of drug-likeness (QED) is 0.0663. The number of esters is 1. The Labute approximate surface area is 196 Å². The van der Waals surface area contributed by atoms with Gasteiger partial charge in [-0.2, -0.15) is 0 Å². The van der Waals surface area contributed by atoms with Crippen molar-refractivity contribution < 1.29 is 44.9 Å². The van der Waals surface area contributed by atoms with Crippen LogP contribution in [-0.4, -0.2) is 40.6 Å². The van der Waals surface area contributed by atoms with Gasteiger partial charge in [0, 0.05) is 0 Å². The molecule has 0 aromatic heterocycles. The van der Waals surface area contributed by atoms with E-state index in [1.165, 1.54) is 12.8 Å². The number of rotatable bonds is 14. The minimum absolute atomic E-state index is 0.0838. The molecule has 0 heterocycles. The van der Waals surface area contributed by atoms with Gasteiger partial charge in [-0.05, 0) is 18.8 Å². The zero-order valence-corrected chi connectivity index (χ0v) is 20.7. The molecule has 3 aliphatic rings. The second kappa shape index (κ2) is 12.6. The van der Waals surface area contributed by atoms with Crippen LogP contribution in [0.1, 0.15) is 45.4 Å². The van der Waals surface area contributed by atoms with E-state index >= 15 is 0 Å². The van der Waals surface area contributed by atoms with Crippen LogP contribution in [-0.2, 0) is 23.7 Å². The Balaban J connectivity index is 1.50. The van der Waals surface area contributed by atoms with Gasteiger partial charge in [0.15, 0.2) is 0 Å². The van der Waals surface area contributed by atoms with E-state index in [0.717, 1.165) is 25.2 Å². The maximum absolute atomic E-state index is 12.5. The van der Waals surface area contributed by atoms with Gasteiger partial charge < -0.3 is 0 Å². The molecule has 0 amide bonds. The van der Waals surface area contributed by atoms with Crippen molar-refractivity contribution in [2.75, 3.05) is 18.1 Å². The summed E-state index contributed by atoms with van der Waals surface area (Å²) in [6.07, 6.45) is 18.0. The molecule has 2 N–H and O–H groups in total. The molecule has 0 bridgehead atoms. The van der Waals surface area contributed by atoms with Gasteiger partial charge >= 0.3 is 160 Å². The van der Waals surface area contributed by atoms with Crippen LogP contribution in [0.15, 0.2) is 48.0 Å². The van der Waals surface area contributed by atoms with Gasteiger partial charge in [-0.25, -0.2) is 0 Å². The molecule has 0 aliphatic heterocycles. The third-order valence-corrected chi connectivity index (χ3v) is 6.65. The van der Waals surface area contributed by atoms with Crippen molar-refractivity contribution in [3.8, 4) is 0 Å². The second-order valence-corrected chi connectivity index (χ2v) is 10.7. The molecule has 3 aliphatic carbocycles. The molecule has 0 aromatic rings. The van der Waals surface area contributed by atoms with Gasteiger partial charge in [-0.15, -0.1) is 0 Å². The summed E-state index contributed by atoms with van der Waals surface area (Å²) in [5.41, 5.74) is 5.86. The van der Waals surface area contributed by atoms with Crippen LogP contribution in [0.5, 0.6) is 0 Å². The van der Waals surface area contributed by atoms with Gasteiger partial charge in [0.05, 0.1) is 0 Å². The van der Waals surface area contributed by atoms with Crippen molar-refractivity contribution in [3.63, 3.8) is 0 Å². The van der Waals surface area contributed by atoms with Gasteiger partial charge in [-0.3, -0.25) is 0 Å². The van der Waals surface area contributed by atoms with Crippen LogP contribution in [0.25, 0.3) is 0 Å². The maximum atomic E-state index is 12.5. The van der Waals surface area contributed by atoms with E-state index in [4.69, 9.17) is 24.7 Å². The number of hydrogen-bond acceptors (Lipinski definition) is 6. The van der Waals surface area contributed by atoms with Crippen LogP contribution in [0.4, 0.5) is 0 Å². The summed E-state index contributed by atoms with van der Waals surface area (Å²) in [4.78, 5) is 14.6.